The van der Waals surface area contributed by atoms with E-state index in [4.69, 9.17) is 4.52 Å². The van der Waals surface area contributed by atoms with Crippen LogP contribution in [0.5, 0.6) is 0 Å². The lowest BCUT2D eigenvalue weighted by Gasteiger charge is -2.31. The summed E-state index contributed by atoms with van der Waals surface area (Å²) in [4.78, 5) is 4.27. The molecule has 6 nitrogen and oxygen atoms in total. The highest BCUT2D eigenvalue weighted by Crippen LogP contribution is 2.32. The predicted molar refractivity (Wildman–Crippen MR) is 66.4 cm³/mol. The first-order valence-corrected chi connectivity index (χ1v) is 8.01. The van der Waals surface area contributed by atoms with Crippen molar-refractivity contribution in [1.29, 1.82) is 0 Å². The number of piperidine rings is 1. The number of nitrogens with zero attached hydrogens (tertiary/aromatic N) is 3. The second-order valence-corrected chi connectivity index (χ2v) is 6.64. The van der Waals surface area contributed by atoms with Crippen LogP contribution in [0.2, 0.25) is 0 Å². The maximum atomic E-state index is 12.1. The minimum Gasteiger partial charge on any atom is -0.338 e. The standard InChI is InChI=1S/C11H19N3O3S/c1-3-10-12-11(17-13-10)9-7-5-6-8-14(9)18(15,16)4-2/h9H,3-8H2,1-2H3. The fourth-order valence-electron chi connectivity index (χ4n) is 2.20. The van der Waals surface area contributed by atoms with Crippen molar-refractivity contribution in [3.63, 3.8) is 0 Å². The average Bonchev–Trinajstić information content (AvgIpc) is 2.87. The summed E-state index contributed by atoms with van der Waals surface area (Å²) in [6.07, 6.45) is 3.33. The Balaban J connectivity index is 2.28. The van der Waals surface area contributed by atoms with E-state index < -0.39 is 10.0 Å². The molecule has 18 heavy (non-hydrogen) atoms. The van der Waals surface area contributed by atoms with Crippen LogP contribution < -0.4 is 0 Å². The number of aryl methyl sites for hydroxylation is 1. The van der Waals surface area contributed by atoms with Gasteiger partial charge in [-0.2, -0.15) is 9.29 Å². The second-order valence-electron chi connectivity index (χ2n) is 4.43. The van der Waals surface area contributed by atoms with Gasteiger partial charge in [0.1, 0.15) is 6.04 Å². The van der Waals surface area contributed by atoms with Gasteiger partial charge in [-0.25, -0.2) is 8.42 Å². The summed E-state index contributed by atoms with van der Waals surface area (Å²) >= 11 is 0. The Morgan fingerprint density at radius 2 is 2.17 bits per heavy atom. The van der Waals surface area contributed by atoms with E-state index in [1.165, 1.54) is 4.31 Å². The van der Waals surface area contributed by atoms with Crippen molar-refractivity contribution in [3.8, 4) is 0 Å². The van der Waals surface area contributed by atoms with Crippen LogP contribution in [0.3, 0.4) is 0 Å². The zero-order valence-electron chi connectivity index (χ0n) is 10.8. The molecule has 1 saturated heterocycles. The summed E-state index contributed by atoms with van der Waals surface area (Å²) < 4.78 is 30.8. The predicted octanol–water partition coefficient (Wildman–Crippen LogP) is 1.51. The Morgan fingerprint density at radius 3 is 2.78 bits per heavy atom. The zero-order chi connectivity index (χ0) is 13.2. The van der Waals surface area contributed by atoms with Crippen molar-refractivity contribution in [2.45, 2.75) is 45.6 Å². The minimum absolute atomic E-state index is 0.109. The van der Waals surface area contributed by atoms with Crippen LogP contribution in [-0.2, 0) is 16.4 Å². The van der Waals surface area contributed by atoms with Gasteiger partial charge in [0.2, 0.25) is 15.9 Å². The van der Waals surface area contributed by atoms with Gasteiger partial charge < -0.3 is 4.52 Å². The van der Waals surface area contributed by atoms with Crippen molar-refractivity contribution in [3.05, 3.63) is 11.7 Å². The molecule has 2 rings (SSSR count). The maximum Gasteiger partial charge on any atom is 0.245 e. The van der Waals surface area contributed by atoms with Crippen LogP contribution >= 0.6 is 0 Å². The third-order valence-corrected chi connectivity index (χ3v) is 5.14. The summed E-state index contributed by atoms with van der Waals surface area (Å²) in [5, 5.41) is 3.84. The molecule has 0 bridgehead atoms. The monoisotopic (exact) mass is 273 g/mol. The molecule has 0 radical (unpaired) electrons. The molecule has 1 aliphatic rings. The van der Waals surface area contributed by atoms with E-state index in [-0.39, 0.29) is 11.8 Å². The third kappa shape index (κ3) is 2.56. The molecule has 0 amide bonds. The van der Waals surface area contributed by atoms with Crippen LogP contribution in [-0.4, -0.2) is 35.2 Å². The van der Waals surface area contributed by atoms with Gasteiger partial charge in [0.05, 0.1) is 5.75 Å². The zero-order valence-corrected chi connectivity index (χ0v) is 11.6. The van der Waals surface area contributed by atoms with Gasteiger partial charge >= 0.3 is 0 Å². The highest BCUT2D eigenvalue weighted by molar-refractivity contribution is 7.89. The van der Waals surface area contributed by atoms with Gasteiger partial charge in [-0.1, -0.05) is 18.5 Å². The lowest BCUT2D eigenvalue weighted by atomic mass is 10.1. The van der Waals surface area contributed by atoms with Gasteiger partial charge in [0, 0.05) is 13.0 Å². The first-order valence-electron chi connectivity index (χ1n) is 6.40. The average molecular weight is 273 g/mol. The number of hydrogen-bond acceptors (Lipinski definition) is 5. The Bertz CT molecular complexity index is 497. The molecule has 1 aromatic rings. The molecule has 0 spiro atoms. The van der Waals surface area contributed by atoms with E-state index in [2.05, 4.69) is 10.1 Å². The SMILES string of the molecule is CCc1noc(C2CCCCN2S(=O)(=O)CC)n1. The minimum atomic E-state index is -3.21. The lowest BCUT2D eigenvalue weighted by Crippen LogP contribution is -2.39. The quantitative estimate of drug-likeness (QED) is 0.831. The van der Waals surface area contributed by atoms with Crippen LogP contribution in [0.25, 0.3) is 0 Å². The molecule has 0 aromatic carbocycles. The molecule has 1 atom stereocenters. The third-order valence-electron chi connectivity index (χ3n) is 3.26. The Morgan fingerprint density at radius 1 is 1.39 bits per heavy atom. The maximum absolute atomic E-state index is 12.1. The fourth-order valence-corrected chi connectivity index (χ4v) is 3.52. The number of aromatic nitrogens is 2. The second kappa shape index (κ2) is 5.36. The first-order chi connectivity index (χ1) is 8.58. The summed E-state index contributed by atoms with van der Waals surface area (Å²) in [6.45, 7) is 4.15. The number of rotatable bonds is 4. The van der Waals surface area contributed by atoms with Gasteiger partial charge in [0.25, 0.3) is 0 Å². The summed E-state index contributed by atoms with van der Waals surface area (Å²) in [6, 6.07) is -0.281. The molecule has 0 saturated carbocycles. The summed E-state index contributed by atoms with van der Waals surface area (Å²) in [5.41, 5.74) is 0. The van der Waals surface area contributed by atoms with E-state index in [1.54, 1.807) is 6.92 Å². The molecule has 7 heteroatoms. The highest BCUT2D eigenvalue weighted by Gasteiger charge is 2.35. The Kier molecular flexibility index (Phi) is 4.01. The smallest absolute Gasteiger partial charge is 0.245 e. The van der Waals surface area contributed by atoms with E-state index >= 15 is 0 Å². The number of sulfonamides is 1. The van der Waals surface area contributed by atoms with E-state index in [0.29, 0.717) is 24.7 Å². The molecule has 1 unspecified atom stereocenters. The van der Waals surface area contributed by atoms with Crippen LogP contribution in [0.15, 0.2) is 4.52 Å². The number of hydrogen-bond donors (Lipinski definition) is 0. The van der Waals surface area contributed by atoms with Crippen molar-refractivity contribution in [2.75, 3.05) is 12.3 Å². The van der Waals surface area contributed by atoms with E-state index in [9.17, 15) is 8.42 Å². The lowest BCUT2D eigenvalue weighted by molar-refractivity contribution is 0.204. The fraction of sp³-hybridized carbons (Fsp3) is 0.818. The van der Waals surface area contributed by atoms with Crippen molar-refractivity contribution >= 4 is 10.0 Å². The topological polar surface area (TPSA) is 76.3 Å². The van der Waals surface area contributed by atoms with Crippen LogP contribution in [0.4, 0.5) is 0 Å². The molecule has 102 valence electrons. The largest absolute Gasteiger partial charge is 0.338 e. The molecule has 0 N–H and O–H groups in total. The van der Waals surface area contributed by atoms with Crippen molar-refractivity contribution < 1.29 is 12.9 Å². The molecule has 1 aliphatic heterocycles. The van der Waals surface area contributed by atoms with E-state index in [0.717, 1.165) is 19.3 Å². The Labute approximate surface area is 107 Å². The molecule has 1 fully saturated rings. The van der Waals surface area contributed by atoms with Crippen molar-refractivity contribution in [1.82, 2.24) is 14.4 Å². The van der Waals surface area contributed by atoms with E-state index in [1.807, 2.05) is 6.92 Å². The van der Waals surface area contributed by atoms with Crippen LogP contribution in [0.1, 0.15) is 50.9 Å². The molecule has 2 heterocycles. The van der Waals surface area contributed by atoms with Crippen molar-refractivity contribution in [2.24, 2.45) is 0 Å². The summed E-state index contributed by atoms with van der Waals surface area (Å²) in [5.74, 6) is 1.17. The molecular weight excluding hydrogens is 254 g/mol. The normalized spacial score (nSPS) is 22.2. The van der Waals surface area contributed by atoms with Gasteiger partial charge in [-0.05, 0) is 19.8 Å². The molecule has 1 aromatic heterocycles. The van der Waals surface area contributed by atoms with Gasteiger partial charge in [-0.15, -0.1) is 0 Å². The molecular formula is C11H19N3O3S. The van der Waals surface area contributed by atoms with Gasteiger partial charge in [-0.3, -0.25) is 0 Å². The van der Waals surface area contributed by atoms with Gasteiger partial charge in [0.15, 0.2) is 5.82 Å². The Hall–Kier alpha value is -0.950. The first kappa shape index (κ1) is 13.5. The highest BCUT2D eigenvalue weighted by atomic mass is 32.2. The summed E-state index contributed by atoms with van der Waals surface area (Å²) in [7, 11) is -3.21. The molecule has 0 aliphatic carbocycles. The van der Waals surface area contributed by atoms with Crippen LogP contribution in [0, 0.1) is 0 Å².